The zero-order valence-electron chi connectivity index (χ0n) is 10.3. The molecular formula is C13H21FN2O. The fraction of sp³-hybridized carbons (Fsp3) is 0.538. The molecule has 4 heteroatoms. The van der Waals surface area contributed by atoms with Gasteiger partial charge >= 0.3 is 0 Å². The topological polar surface area (TPSA) is 47.3 Å². The molecule has 1 unspecified atom stereocenters. The number of ether oxygens (including phenoxy) is 1. The largest absolute Gasteiger partial charge is 0.382 e. The van der Waals surface area contributed by atoms with Gasteiger partial charge in [0.1, 0.15) is 5.82 Å². The van der Waals surface area contributed by atoms with E-state index in [0.29, 0.717) is 0 Å². The molecule has 3 nitrogen and oxygen atoms in total. The van der Waals surface area contributed by atoms with Crippen LogP contribution in [-0.2, 0) is 11.2 Å². The third kappa shape index (κ3) is 5.77. The van der Waals surface area contributed by atoms with Crippen LogP contribution in [0, 0.1) is 5.82 Å². The van der Waals surface area contributed by atoms with Crippen molar-refractivity contribution in [3.05, 3.63) is 35.6 Å². The summed E-state index contributed by atoms with van der Waals surface area (Å²) in [7, 11) is 0. The molecule has 0 saturated heterocycles. The predicted octanol–water partition coefficient (Wildman–Crippen LogP) is 2.02. The van der Waals surface area contributed by atoms with E-state index < -0.39 is 0 Å². The third-order valence-corrected chi connectivity index (χ3v) is 2.68. The average molecular weight is 240 g/mol. The molecular weight excluding hydrogens is 219 g/mol. The summed E-state index contributed by atoms with van der Waals surface area (Å²) in [5.74, 6) is 5.29. The van der Waals surface area contributed by atoms with Gasteiger partial charge in [0.15, 0.2) is 0 Å². The van der Waals surface area contributed by atoms with Gasteiger partial charge in [-0.15, -0.1) is 0 Å². The highest BCUT2D eigenvalue weighted by molar-refractivity contribution is 5.17. The first kappa shape index (κ1) is 14.1. The molecule has 0 spiro atoms. The molecule has 96 valence electrons. The second-order valence-electron chi connectivity index (χ2n) is 4.03. The van der Waals surface area contributed by atoms with Crippen molar-refractivity contribution in [1.29, 1.82) is 0 Å². The van der Waals surface area contributed by atoms with Gasteiger partial charge in [-0.25, -0.2) is 4.39 Å². The van der Waals surface area contributed by atoms with Gasteiger partial charge in [0.2, 0.25) is 0 Å². The maximum Gasteiger partial charge on any atom is 0.123 e. The Bertz CT molecular complexity index is 303. The van der Waals surface area contributed by atoms with E-state index in [1.807, 2.05) is 6.92 Å². The quantitative estimate of drug-likeness (QED) is 0.415. The van der Waals surface area contributed by atoms with Crippen molar-refractivity contribution in [2.24, 2.45) is 5.84 Å². The van der Waals surface area contributed by atoms with Crippen LogP contribution >= 0.6 is 0 Å². The van der Waals surface area contributed by atoms with E-state index in [1.165, 1.54) is 12.1 Å². The smallest absolute Gasteiger partial charge is 0.123 e. The zero-order valence-corrected chi connectivity index (χ0v) is 10.3. The van der Waals surface area contributed by atoms with Crippen molar-refractivity contribution >= 4 is 0 Å². The van der Waals surface area contributed by atoms with E-state index >= 15 is 0 Å². The molecule has 1 atom stereocenters. The Kier molecular flexibility index (Phi) is 6.77. The summed E-state index contributed by atoms with van der Waals surface area (Å²) in [5.41, 5.74) is 3.88. The average Bonchev–Trinajstić information content (AvgIpc) is 2.35. The minimum Gasteiger partial charge on any atom is -0.382 e. The van der Waals surface area contributed by atoms with Crippen LogP contribution in [-0.4, -0.2) is 19.3 Å². The summed E-state index contributed by atoms with van der Waals surface area (Å²) in [6, 6.07) is 6.75. The number of rotatable bonds is 8. The Labute approximate surface area is 102 Å². The summed E-state index contributed by atoms with van der Waals surface area (Å²) in [5, 5.41) is 0. The lowest BCUT2D eigenvalue weighted by molar-refractivity contribution is 0.140. The van der Waals surface area contributed by atoms with E-state index in [1.54, 1.807) is 12.1 Å². The molecule has 0 aliphatic heterocycles. The maximum atomic E-state index is 12.7. The van der Waals surface area contributed by atoms with Gasteiger partial charge in [0.05, 0.1) is 0 Å². The molecule has 1 aromatic carbocycles. The number of hydrogen-bond donors (Lipinski definition) is 2. The van der Waals surface area contributed by atoms with E-state index in [2.05, 4.69) is 5.43 Å². The van der Waals surface area contributed by atoms with E-state index in [0.717, 1.165) is 38.0 Å². The van der Waals surface area contributed by atoms with Crippen LogP contribution in [0.25, 0.3) is 0 Å². The number of hydrogen-bond acceptors (Lipinski definition) is 3. The lowest BCUT2D eigenvalue weighted by Crippen LogP contribution is -2.36. The molecule has 0 aliphatic carbocycles. The van der Waals surface area contributed by atoms with Gasteiger partial charge in [-0.05, 0) is 43.9 Å². The van der Waals surface area contributed by atoms with Crippen LogP contribution in [0.5, 0.6) is 0 Å². The SMILES string of the molecule is CCOCCCC(Cc1ccc(F)cc1)NN. The first-order valence-corrected chi connectivity index (χ1v) is 6.04. The Balaban J connectivity index is 2.33. The number of halogens is 1. The van der Waals surface area contributed by atoms with Crippen LogP contribution in [0.3, 0.4) is 0 Å². The van der Waals surface area contributed by atoms with Gasteiger partial charge in [-0.1, -0.05) is 12.1 Å². The van der Waals surface area contributed by atoms with E-state index in [9.17, 15) is 4.39 Å². The van der Waals surface area contributed by atoms with E-state index in [-0.39, 0.29) is 11.9 Å². The summed E-state index contributed by atoms with van der Waals surface area (Å²) in [4.78, 5) is 0. The number of nitrogens with one attached hydrogen (secondary N) is 1. The molecule has 0 bridgehead atoms. The Morgan fingerprint density at radius 2 is 2.06 bits per heavy atom. The number of hydrazine groups is 1. The Hall–Kier alpha value is -0.970. The molecule has 0 saturated carbocycles. The minimum atomic E-state index is -0.206. The highest BCUT2D eigenvalue weighted by Gasteiger charge is 2.07. The lowest BCUT2D eigenvalue weighted by Gasteiger charge is -2.15. The molecule has 0 aliphatic rings. The van der Waals surface area contributed by atoms with Gasteiger partial charge in [-0.2, -0.15) is 0 Å². The first-order chi connectivity index (χ1) is 8.26. The molecule has 17 heavy (non-hydrogen) atoms. The van der Waals surface area contributed by atoms with Crippen molar-refractivity contribution in [2.75, 3.05) is 13.2 Å². The molecule has 0 radical (unpaired) electrons. The van der Waals surface area contributed by atoms with Gasteiger partial charge < -0.3 is 4.74 Å². The Morgan fingerprint density at radius 1 is 1.35 bits per heavy atom. The van der Waals surface area contributed by atoms with Gasteiger partial charge in [0, 0.05) is 19.3 Å². The zero-order chi connectivity index (χ0) is 12.5. The molecule has 0 fully saturated rings. The summed E-state index contributed by atoms with van der Waals surface area (Å²) < 4.78 is 18.0. The van der Waals surface area contributed by atoms with Crippen molar-refractivity contribution in [1.82, 2.24) is 5.43 Å². The lowest BCUT2D eigenvalue weighted by atomic mass is 10.0. The van der Waals surface area contributed by atoms with Gasteiger partial charge in [-0.3, -0.25) is 11.3 Å². The predicted molar refractivity (Wildman–Crippen MR) is 66.9 cm³/mol. The van der Waals surface area contributed by atoms with Crippen molar-refractivity contribution in [3.63, 3.8) is 0 Å². The fourth-order valence-corrected chi connectivity index (χ4v) is 1.73. The highest BCUT2D eigenvalue weighted by Crippen LogP contribution is 2.08. The number of nitrogens with two attached hydrogens (primary N) is 1. The molecule has 0 heterocycles. The monoisotopic (exact) mass is 240 g/mol. The molecule has 3 N–H and O–H groups in total. The van der Waals surface area contributed by atoms with Crippen LogP contribution in [0.2, 0.25) is 0 Å². The summed E-state index contributed by atoms with van der Waals surface area (Å²) in [6.07, 6.45) is 2.74. The van der Waals surface area contributed by atoms with Gasteiger partial charge in [0.25, 0.3) is 0 Å². The highest BCUT2D eigenvalue weighted by atomic mass is 19.1. The normalized spacial score (nSPS) is 12.6. The third-order valence-electron chi connectivity index (χ3n) is 2.68. The second kappa shape index (κ2) is 8.17. The standard InChI is InChI=1S/C13H21FN2O/c1-2-17-9-3-4-13(16-15)10-11-5-7-12(14)8-6-11/h5-8,13,16H,2-4,9-10,15H2,1H3. The van der Waals surface area contributed by atoms with Crippen LogP contribution in [0.1, 0.15) is 25.3 Å². The van der Waals surface area contributed by atoms with Crippen molar-refractivity contribution in [2.45, 2.75) is 32.2 Å². The summed E-state index contributed by atoms with van der Waals surface area (Å²) in [6.45, 7) is 3.49. The molecule has 1 rings (SSSR count). The molecule has 1 aromatic rings. The maximum absolute atomic E-state index is 12.7. The Morgan fingerprint density at radius 3 is 2.65 bits per heavy atom. The van der Waals surface area contributed by atoms with Crippen LogP contribution in [0.4, 0.5) is 4.39 Å². The summed E-state index contributed by atoms with van der Waals surface area (Å²) >= 11 is 0. The van der Waals surface area contributed by atoms with Crippen molar-refractivity contribution < 1.29 is 9.13 Å². The van der Waals surface area contributed by atoms with E-state index in [4.69, 9.17) is 10.6 Å². The minimum absolute atomic E-state index is 0.206. The second-order valence-corrected chi connectivity index (χ2v) is 4.03. The number of benzene rings is 1. The van der Waals surface area contributed by atoms with Crippen LogP contribution in [0.15, 0.2) is 24.3 Å². The first-order valence-electron chi connectivity index (χ1n) is 6.04. The fourth-order valence-electron chi connectivity index (χ4n) is 1.73. The van der Waals surface area contributed by atoms with Crippen LogP contribution < -0.4 is 11.3 Å². The molecule has 0 aromatic heterocycles. The molecule has 0 amide bonds. The van der Waals surface area contributed by atoms with Crippen molar-refractivity contribution in [3.8, 4) is 0 Å².